The molecule has 4 rings (SSSR count). The van der Waals surface area contributed by atoms with Crippen LogP contribution in [0.5, 0.6) is 0 Å². The lowest BCUT2D eigenvalue weighted by Gasteiger charge is -2.14. The van der Waals surface area contributed by atoms with E-state index in [-0.39, 0.29) is 22.3 Å². The van der Waals surface area contributed by atoms with E-state index >= 15 is 0 Å². The highest BCUT2D eigenvalue weighted by Crippen LogP contribution is 2.32. The minimum Gasteiger partial charge on any atom is -0.373 e. The Morgan fingerprint density at radius 2 is 1.55 bits per heavy atom. The number of rotatable bonds is 4. The van der Waals surface area contributed by atoms with Crippen molar-refractivity contribution >= 4 is 16.7 Å². The molecule has 0 aliphatic carbocycles. The van der Waals surface area contributed by atoms with Crippen LogP contribution in [0.15, 0.2) is 53.5 Å². The van der Waals surface area contributed by atoms with Crippen LogP contribution in [-0.4, -0.2) is 16.6 Å². The quantitative estimate of drug-likeness (QED) is 0.447. The zero-order valence-corrected chi connectivity index (χ0v) is 16.6. The number of nitrogens with zero attached hydrogens (tertiary/aromatic N) is 2. The first-order valence-corrected chi connectivity index (χ1v) is 9.49. The molecule has 0 saturated carbocycles. The van der Waals surface area contributed by atoms with E-state index in [1.165, 1.54) is 10.6 Å². The van der Waals surface area contributed by atoms with Crippen LogP contribution in [-0.2, 0) is 6.54 Å². The minimum absolute atomic E-state index is 0.0102. The molecule has 0 saturated heterocycles. The standard InChI is InChI=1S/C23H17F4N3O/c1-3-30-21-10-22(28-2)29-11-13(21)6-18(23(30)31)17-8-16(19(26)9-20(17)27)12-4-14(24)7-15(25)5-12/h4-11H,3H2,1-2H3,(H,28,29). The molecule has 0 radical (unpaired) electrons. The van der Waals surface area contributed by atoms with Crippen LogP contribution in [0.1, 0.15) is 6.92 Å². The Hall–Kier alpha value is -3.68. The molecule has 2 heterocycles. The Morgan fingerprint density at radius 1 is 0.871 bits per heavy atom. The summed E-state index contributed by atoms with van der Waals surface area (Å²) in [5, 5.41) is 3.48. The number of fused-ring (bicyclic) bond motifs is 1. The molecular weight excluding hydrogens is 410 g/mol. The number of nitrogens with one attached hydrogen (secondary N) is 1. The molecule has 0 amide bonds. The first-order valence-electron chi connectivity index (χ1n) is 9.49. The topological polar surface area (TPSA) is 46.9 Å². The fourth-order valence-corrected chi connectivity index (χ4v) is 3.60. The molecule has 0 aliphatic heterocycles. The van der Waals surface area contributed by atoms with Crippen LogP contribution >= 0.6 is 0 Å². The molecule has 0 unspecified atom stereocenters. The predicted molar refractivity (Wildman–Crippen MR) is 112 cm³/mol. The van der Waals surface area contributed by atoms with Gasteiger partial charge in [-0.1, -0.05) is 0 Å². The van der Waals surface area contributed by atoms with Gasteiger partial charge in [0.2, 0.25) is 0 Å². The van der Waals surface area contributed by atoms with Gasteiger partial charge in [-0.3, -0.25) is 4.79 Å². The van der Waals surface area contributed by atoms with Crippen molar-refractivity contribution in [2.75, 3.05) is 12.4 Å². The van der Waals surface area contributed by atoms with Crippen LogP contribution < -0.4 is 10.9 Å². The maximum Gasteiger partial charge on any atom is 0.259 e. The SMILES string of the molecule is CCn1c(=O)c(-c2cc(-c3cc(F)cc(F)c3)c(F)cc2F)cc2cnc(NC)cc21. The van der Waals surface area contributed by atoms with Gasteiger partial charge in [-0.2, -0.15) is 0 Å². The van der Waals surface area contributed by atoms with Gasteiger partial charge in [-0.05, 0) is 36.8 Å². The Labute approximate surface area is 174 Å². The third-order valence-corrected chi connectivity index (χ3v) is 5.07. The van der Waals surface area contributed by atoms with Crippen molar-refractivity contribution in [3.05, 3.63) is 82.3 Å². The lowest BCUT2D eigenvalue weighted by atomic mass is 9.97. The van der Waals surface area contributed by atoms with Crippen LogP contribution in [0.25, 0.3) is 33.2 Å². The number of pyridine rings is 2. The molecule has 4 aromatic rings. The van der Waals surface area contributed by atoms with E-state index in [4.69, 9.17) is 0 Å². The molecule has 0 aliphatic rings. The molecule has 1 N–H and O–H groups in total. The summed E-state index contributed by atoms with van der Waals surface area (Å²) in [6.45, 7) is 2.08. The maximum absolute atomic E-state index is 14.8. The van der Waals surface area contributed by atoms with Gasteiger partial charge in [-0.25, -0.2) is 22.5 Å². The fraction of sp³-hybridized carbons (Fsp3) is 0.130. The highest BCUT2D eigenvalue weighted by atomic mass is 19.1. The zero-order valence-electron chi connectivity index (χ0n) is 16.6. The lowest BCUT2D eigenvalue weighted by Crippen LogP contribution is -2.22. The number of anilines is 1. The van der Waals surface area contributed by atoms with Crippen molar-refractivity contribution in [3.63, 3.8) is 0 Å². The first-order chi connectivity index (χ1) is 14.8. The largest absolute Gasteiger partial charge is 0.373 e. The maximum atomic E-state index is 14.8. The highest BCUT2D eigenvalue weighted by molar-refractivity contribution is 5.86. The van der Waals surface area contributed by atoms with Gasteiger partial charge in [0.15, 0.2) is 0 Å². The van der Waals surface area contributed by atoms with Crippen LogP contribution in [0.4, 0.5) is 23.4 Å². The van der Waals surface area contributed by atoms with E-state index in [1.54, 1.807) is 26.2 Å². The van der Waals surface area contributed by atoms with E-state index in [1.807, 2.05) is 0 Å². The molecule has 158 valence electrons. The van der Waals surface area contributed by atoms with Gasteiger partial charge in [0.1, 0.15) is 29.1 Å². The molecule has 4 nitrogen and oxygen atoms in total. The third-order valence-electron chi connectivity index (χ3n) is 5.07. The molecule has 2 aromatic carbocycles. The summed E-state index contributed by atoms with van der Waals surface area (Å²) >= 11 is 0. The second-order valence-corrected chi connectivity index (χ2v) is 6.96. The normalized spacial score (nSPS) is 11.2. The monoisotopic (exact) mass is 427 g/mol. The summed E-state index contributed by atoms with van der Waals surface area (Å²) in [6.07, 6.45) is 1.54. The van der Waals surface area contributed by atoms with Crippen molar-refractivity contribution in [3.8, 4) is 22.3 Å². The number of hydrogen-bond acceptors (Lipinski definition) is 3. The summed E-state index contributed by atoms with van der Waals surface area (Å²) in [5.74, 6) is -3.19. The van der Waals surface area contributed by atoms with E-state index in [0.29, 0.717) is 35.4 Å². The van der Waals surface area contributed by atoms with Gasteiger partial charge < -0.3 is 9.88 Å². The second kappa shape index (κ2) is 7.86. The van der Waals surface area contributed by atoms with E-state index < -0.39 is 28.8 Å². The van der Waals surface area contributed by atoms with Crippen molar-refractivity contribution in [2.45, 2.75) is 13.5 Å². The Bertz CT molecular complexity index is 1360. The Balaban J connectivity index is 2.00. The predicted octanol–water partition coefficient (Wildman–Crippen LogP) is 5.35. The number of aryl methyl sites for hydroxylation is 1. The smallest absolute Gasteiger partial charge is 0.259 e. The van der Waals surface area contributed by atoms with E-state index in [0.717, 1.165) is 18.2 Å². The molecule has 0 spiro atoms. The van der Waals surface area contributed by atoms with Crippen molar-refractivity contribution < 1.29 is 17.6 Å². The van der Waals surface area contributed by atoms with Gasteiger partial charge in [-0.15, -0.1) is 0 Å². The molecule has 0 bridgehead atoms. The highest BCUT2D eigenvalue weighted by Gasteiger charge is 2.19. The van der Waals surface area contributed by atoms with Crippen molar-refractivity contribution in [1.29, 1.82) is 0 Å². The summed E-state index contributed by atoms with van der Waals surface area (Å²) in [7, 11) is 1.70. The first kappa shape index (κ1) is 20.6. The molecule has 8 heteroatoms. The molecule has 31 heavy (non-hydrogen) atoms. The minimum atomic E-state index is -0.997. The van der Waals surface area contributed by atoms with Gasteiger partial charge in [0, 0.05) is 54.5 Å². The molecule has 2 aromatic heterocycles. The van der Waals surface area contributed by atoms with Crippen LogP contribution in [0.3, 0.4) is 0 Å². The van der Waals surface area contributed by atoms with Gasteiger partial charge in [0.25, 0.3) is 5.56 Å². The zero-order chi connectivity index (χ0) is 22.3. The Kier molecular flexibility index (Phi) is 5.22. The Morgan fingerprint density at radius 3 is 2.19 bits per heavy atom. The van der Waals surface area contributed by atoms with E-state index in [9.17, 15) is 22.4 Å². The number of halogens is 4. The van der Waals surface area contributed by atoms with Crippen LogP contribution in [0.2, 0.25) is 0 Å². The number of benzene rings is 2. The third kappa shape index (κ3) is 3.65. The van der Waals surface area contributed by atoms with Crippen molar-refractivity contribution in [2.24, 2.45) is 0 Å². The fourth-order valence-electron chi connectivity index (χ4n) is 3.60. The summed E-state index contributed by atoms with van der Waals surface area (Å²) in [6, 6.07) is 7.41. The second-order valence-electron chi connectivity index (χ2n) is 6.96. The average Bonchev–Trinajstić information content (AvgIpc) is 2.72. The summed E-state index contributed by atoms with van der Waals surface area (Å²) in [5.41, 5.74) is -0.387. The molecule has 0 atom stereocenters. The van der Waals surface area contributed by atoms with Gasteiger partial charge in [0.05, 0.1) is 11.1 Å². The number of aromatic nitrogens is 2. The summed E-state index contributed by atoms with van der Waals surface area (Å²) < 4.78 is 58.0. The van der Waals surface area contributed by atoms with Crippen molar-refractivity contribution in [1.82, 2.24) is 9.55 Å². The van der Waals surface area contributed by atoms with Crippen LogP contribution in [0, 0.1) is 23.3 Å². The molecule has 0 fully saturated rings. The average molecular weight is 427 g/mol. The summed E-state index contributed by atoms with van der Waals surface area (Å²) in [4.78, 5) is 17.4. The number of hydrogen-bond donors (Lipinski definition) is 1. The molecular formula is C23H17F4N3O. The van der Waals surface area contributed by atoms with E-state index in [2.05, 4.69) is 10.3 Å². The van der Waals surface area contributed by atoms with Gasteiger partial charge >= 0.3 is 0 Å². The lowest BCUT2D eigenvalue weighted by molar-refractivity contribution is 0.581.